The summed E-state index contributed by atoms with van der Waals surface area (Å²) in [6.07, 6.45) is 2.29. The first kappa shape index (κ1) is 19.3. The number of hydrogen-bond donors (Lipinski definition) is 2. The molecule has 1 atom stereocenters. The highest BCUT2D eigenvalue weighted by Crippen LogP contribution is 2.26. The van der Waals surface area contributed by atoms with Crippen LogP contribution in [0.4, 0.5) is 0 Å². The number of benzene rings is 1. The zero-order valence-corrected chi connectivity index (χ0v) is 16.3. The number of carbonyl (C=O) groups excluding carboxylic acids is 2. The molecule has 0 unspecified atom stereocenters. The quantitative estimate of drug-likeness (QED) is 0.636. The molecule has 0 saturated heterocycles. The van der Waals surface area contributed by atoms with E-state index < -0.39 is 6.04 Å². The summed E-state index contributed by atoms with van der Waals surface area (Å²) in [5.74, 6) is -0.447. The van der Waals surface area contributed by atoms with E-state index in [0.717, 1.165) is 20.9 Å². The molecule has 6 nitrogen and oxygen atoms in total. The highest BCUT2D eigenvalue weighted by Gasteiger charge is 2.22. The van der Waals surface area contributed by atoms with Crippen molar-refractivity contribution in [3.8, 4) is 0 Å². The van der Waals surface area contributed by atoms with Crippen LogP contribution in [0.5, 0.6) is 0 Å². The third-order valence-electron chi connectivity index (χ3n) is 3.92. The van der Waals surface area contributed by atoms with Crippen LogP contribution in [-0.2, 0) is 22.6 Å². The lowest BCUT2D eigenvalue weighted by atomic mass is 10.2. The number of pyridine rings is 1. The van der Waals surface area contributed by atoms with Gasteiger partial charge in [0.05, 0.1) is 27.5 Å². The van der Waals surface area contributed by atoms with Gasteiger partial charge >= 0.3 is 0 Å². The molecule has 8 heteroatoms. The van der Waals surface area contributed by atoms with Crippen molar-refractivity contribution in [2.75, 3.05) is 0 Å². The van der Waals surface area contributed by atoms with Crippen molar-refractivity contribution < 1.29 is 9.59 Å². The molecule has 0 radical (unpaired) electrons. The first-order valence-electron chi connectivity index (χ1n) is 8.57. The summed E-state index contributed by atoms with van der Waals surface area (Å²) in [7, 11) is 0. The fourth-order valence-electron chi connectivity index (χ4n) is 2.52. The smallest absolute Gasteiger partial charge is 0.243 e. The molecule has 3 rings (SSSR count). The number of hydrogen-bond acceptors (Lipinski definition) is 5. The molecular formula is C19H19ClN4O2S. The molecule has 140 valence electrons. The topological polar surface area (TPSA) is 84.0 Å². The summed E-state index contributed by atoms with van der Waals surface area (Å²) < 4.78 is 0.951. The van der Waals surface area contributed by atoms with Gasteiger partial charge in [-0.05, 0) is 30.3 Å². The SMILES string of the molecule is CCC(=O)N[C@@H](Cc1nc2ccc(Cl)cc2s1)C(=O)NCc1ccccn1. The minimum atomic E-state index is -0.697. The molecule has 27 heavy (non-hydrogen) atoms. The number of nitrogens with zero attached hydrogens (tertiary/aromatic N) is 2. The normalized spacial score (nSPS) is 11.9. The van der Waals surface area contributed by atoms with Gasteiger partial charge in [0.25, 0.3) is 0 Å². The molecule has 0 aliphatic carbocycles. The van der Waals surface area contributed by atoms with Crippen LogP contribution < -0.4 is 10.6 Å². The molecule has 0 aliphatic rings. The lowest BCUT2D eigenvalue weighted by Crippen LogP contribution is -2.47. The Morgan fingerprint density at radius 2 is 2.11 bits per heavy atom. The van der Waals surface area contributed by atoms with Crippen molar-refractivity contribution in [3.63, 3.8) is 0 Å². The van der Waals surface area contributed by atoms with Gasteiger partial charge in [-0.25, -0.2) is 4.98 Å². The highest BCUT2D eigenvalue weighted by atomic mass is 35.5. The van der Waals surface area contributed by atoms with E-state index in [0.29, 0.717) is 24.4 Å². The van der Waals surface area contributed by atoms with Crippen molar-refractivity contribution in [1.29, 1.82) is 0 Å². The molecule has 2 amide bonds. The van der Waals surface area contributed by atoms with Crippen molar-refractivity contribution in [3.05, 3.63) is 58.3 Å². The Balaban J connectivity index is 1.73. The minimum Gasteiger partial charge on any atom is -0.349 e. The van der Waals surface area contributed by atoms with E-state index in [2.05, 4.69) is 20.6 Å². The van der Waals surface area contributed by atoms with Crippen LogP contribution in [0.3, 0.4) is 0 Å². The number of aromatic nitrogens is 2. The van der Waals surface area contributed by atoms with E-state index in [9.17, 15) is 9.59 Å². The molecule has 0 bridgehead atoms. The average Bonchev–Trinajstić information content (AvgIpc) is 3.07. The van der Waals surface area contributed by atoms with Crippen LogP contribution in [0.2, 0.25) is 5.02 Å². The second kappa shape index (κ2) is 8.92. The van der Waals surface area contributed by atoms with Gasteiger partial charge in [-0.15, -0.1) is 11.3 Å². The Hall–Kier alpha value is -2.51. The Morgan fingerprint density at radius 3 is 2.85 bits per heavy atom. The van der Waals surface area contributed by atoms with Gasteiger partial charge in [0, 0.05) is 24.1 Å². The molecule has 2 heterocycles. The predicted octanol–water partition coefficient (Wildman–Crippen LogP) is 3.10. The van der Waals surface area contributed by atoms with Crippen LogP contribution in [0, 0.1) is 0 Å². The second-order valence-corrected chi connectivity index (χ2v) is 7.49. The van der Waals surface area contributed by atoms with Gasteiger partial charge in [0.15, 0.2) is 0 Å². The maximum Gasteiger partial charge on any atom is 0.243 e. The number of fused-ring (bicyclic) bond motifs is 1. The lowest BCUT2D eigenvalue weighted by molar-refractivity contribution is -0.128. The fraction of sp³-hybridized carbons (Fsp3) is 0.263. The number of amides is 2. The van der Waals surface area contributed by atoms with Crippen molar-refractivity contribution in [2.24, 2.45) is 0 Å². The zero-order chi connectivity index (χ0) is 19.2. The minimum absolute atomic E-state index is 0.183. The second-order valence-electron chi connectivity index (χ2n) is 5.94. The Kier molecular flexibility index (Phi) is 6.36. The average molecular weight is 403 g/mol. The molecule has 2 aromatic heterocycles. The van der Waals surface area contributed by atoms with Gasteiger partial charge in [-0.3, -0.25) is 14.6 Å². The standard InChI is InChI=1S/C19H19ClN4O2S/c1-2-17(25)23-15(19(26)22-11-13-5-3-4-8-21-13)10-18-24-14-7-6-12(20)9-16(14)27-18/h3-9,15H,2,10-11H2,1H3,(H,22,26)(H,23,25)/t15-/m0/s1. The molecule has 0 fully saturated rings. The van der Waals surface area contributed by atoms with E-state index in [1.165, 1.54) is 11.3 Å². The predicted molar refractivity (Wildman–Crippen MR) is 107 cm³/mol. The van der Waals surface area contributed by atoms with Crippen LogP contribution in [-0.4, -0.2) is 27.8 Å². The molecule has 1 aromatic carbocycles. The number of nitrogens with one attached hydrogen (secondary N) is 2. The van der Waals surface area contributed by atoms with Crippen molar-refractivity contribution >= 4 is 45.0 Å². The Bertz CT molecular complexity index is 945. The maximum atomic E-state index is 12.6. The maximum absolute atomic E-state index is 12.6. The van der Waals surface area contributed by atoms with Crippen LogP contribution in [0.15, 0.2) is 42.6 Å². The highest BCUT2D eigenvalue weighted by molar-refractivity contribution is 7.18. The first-order chi connectivity index (χ1) is 13.0. The van der Waals surface area contributed by atoms with Gasteiger partial charge in [0.2, 0.25) is 11.8 Å². The zero-order valence-electron chi connectivity index (χ0n) is 14.7. The van der Waals surface area contributed by atoms with Crippen LogP contribution >= 0.6 is 22.9 Å². The molecular weight excluding hydrogens is 384 g/mol. The molecule has 0 spiro atoms. The van der Waals surface area contributed by atoms with Gasteiger partial charge in [0.1, 0.15) is 6.04 Å². The van der Waals surface area contributed by atoms with Crippen molar-refractivity contribution in [2.45, 2.75) is 32.4 Å². The third-order valence-corrected chi connectivity index (χ3v) is 5.19. The molecule has 2 N–H and O–H groups in total. The number of halogens is 1. The van der Waals surface area contributed by atoms with Gasteiger partial charge < -0.3 is 10.6 Å². The summed E-state index contributed by atoms with van der Waals surface area (Å²) in [5, 5.41) is 7.01. The van der Waals surface area contributed by atoms with E-state index >= 15 is 0 Å². The van der Waals surface area contributed by atoms with E-state index in [1.807, 2.05) is 30.3 Å². The summed E-state index contributed by atoms with van der Waals surface area (Å²) in [4.78, 5) is 33.2. The largest absolute Gasteiger partial charge is 0.349 e. The van der Waals surface area contributed by atoms with E-state index in [1.54, 1.807) is 19.2 Å². The monoisotopic (exact) mass is 402 g/mol. The van der Waals surface area contributed by atoms with Gasteiger partial charge in [-0.2, -0.15) is 0 Å². The lowest BCUT2D eigenvalue weighted by Gasteiger charge is -2.17. The number of carbonyl (C=O) groups is 2. The van der Waals surface area contributed by atoms with Gasteiger partial charge in [-0.1, -0.05) is 24.6 Å². The number of thiazole rings is 1. The van der Waals surface area contributed by atoms with Crippen molar-refractivity contribution in [1.82, 2.24) is 20.6 Å². The van der Waals surface area contributed by atoms with Crippen LogP contribution in [0.1, 0.15) is 24.0 Å². The van der Waals surface area contributed by atoms with Crippen LogP contribution in [0.25, 0.3) is 10.2 Å². The summed E-state index contributed by atoms with van der Waals surface area (Å²) in [5.41, 5.74) is 1.58. The Labute approximate surface area is 166 Å². The molecule has 0 aliphatic heterocycles. The molecule has 0 saturated carbocycles. The Morgan fingerprint density at radius 1 is 1.26 bits per heavy atom. The first-order valence-corrected chi connectivity index (χ1v) is 9.76. The van der Waals surface area contributed by atoms with E-state index in [4.69, 9.17) is 11.6 Å². The summed E-state index contributed by atoms with van der Waals surface area (Å²) >= 11 is 7.49. The fourth-order valence-corrected chi connectivity index (χ4v) is 3.81. The molecule has 3 aromatic rings. The number of rotatable bonds is 7. The summed E-state index contributed by atoms with van der Waals surface area (Å²) in [6.45, 7) is 2.05. The summed E-state index contributed by atoms with van der Waals surface area (Å²) in [6, 6.07) is 10.3. The van der Waals surface area contributed by atoms with E-state index in [-0.39, 0.29) is 11.8 Å². The third kappa shape index (κ3) is 5.24.